The van der Waals surface area contributed by atoms with Crippen molar-refractivity contribution in [2.75, 3.05) is 0 Å². The van der Waals surface area contributed by atoms with Gasteiger partial charge in [0.25, 0.3) is 0 Å². The Morgan fingerprint density at radius 2 is 2.31 bits per heavy atom. The van der Waals surface area contributed by atoms with Crippen LogP contribution in [0.3, 0.4) is 0 Å². The molecular weight excluding hydrogens is 166 g/mol. The summed E-state index contributed by atoms with van der Waals surface area (Å²) in [5, 5.41) is 4.00. The minimum atomic E-state index is 0.598. The molecule has 0 saturated heterocycles. The van der Waals surface area contributed by atoms with Crippen LogP contribution >= 0.6 is 0 Å². The standard InChI is InChI=1S/C9H7N3O/c13-7-8-2-4-10-9(6-8)12-5-1-3-11-12/h1-7H. The molecule has 0 aliphatic carbocycles. The number of nitrogens with zero attached hydrogens (tertiary/aromatic N) is 3. The molecule has 0 bridgehead atoms. The third-order valence-electron chi connectivity index (χ3n) is 1.64. The zero-order valence-electron chi connectivity index (χ0n) is 6.79. The van der Waals surface area contributed by atoms with Crippen molar-refractivity contribution in [1.82, 2.24) is 14.8 Å². The highest BCUT2D eigenvalue weighted by molar-refractivity contribution is 5.75. The van der Waals surface area contributed by atoms with E-state index in [0.717, 1.165) is 6.29 Å². The van der Waals surface area contributed by atoms with Crippen molar-refractivity contribution >= 4 is 6.29 Å². The summed E-state index contributed by atoms with van der Waals surface area (Å²) in [6, 6.07) is 5.13. The molecule has 64 valence electrons. The molecule has 0 amide bonds. The Morgan fingerprint density at radius 1 is 1.38 bits per heavy atom. The monoisotopic (exact) mass is 173 g/mol. The van der Waals surface area contributed by atoms with E-state index >= 15 is 0 Å². The van der Waals surface area contributed by atoms with Gasteiger partial charge in [-0.15, -0.1) is 0 Å². The van der Waals surface area contributed by atoms with Crippen molar-refractivity contribution in [3.05, 3.63) is 42.4 Å². The number of carbonyl (C=O) groups excluding carboxylic acids is 1. The second-order valence-electron chi connectivity index (χ2n) is 2.52. The van der Waals surface area contributed by atoms with Crippen molar-refractivity contribution in [1.29, 1.82) is 0 Å². The Hall–Kier alpha value is -1.97. The normalized spacial score (nSPS) is 9.85. The van der Waals surface area contributed by atoms with E-state index in [4.69, 9.17) is 0 Å². The Morgan fingerprint density at radius 3 is 3.00 bits per heavy atom. The summed E-state index contributed by atoms with van der Waals surface area (Å²) in [7, 11) is 0. The summed E-state index contributed by atoms with van der Waals surface area (Å²) in [5.74, 6) is 0.648. The van der Waals surface area contributed by atoms with Gasteiger partial charge in [-0.1, -0.05) is 0 Å². The van der Waals surface area contributed by atoms with Crippen LogP contribution in [0.5, 0.6) is 0 Å². The molecule has 2 heterocycles. The minimum Gasteiger partial charge on any atom is -0.298 e. The SMILES string of the molecule is O=Cc1ccnc(-n2cccn2)c1. The van der Waals surface area contributed by atoms with Gasteiger partial charge in [0.15, 0.2) is 5.82 Å². The van der Waals surface area contributed by atoms with Crippen molar-refractivity contribution in [3.8, 4) is 5.82 Å². The van der Waals surface area contributed by atoms with Gasteiger partial charge in [0.1, 0.15) is 6.29 Å². The molecule has 2 aromatic rings. The third-order valence-corrected chi connectivity index (χ3v) is 1.64. The second kappa shape index (κ2) is 3.18. The van der Waals surface area contributed by atoms with E-state index in [0.29, 0.717) is 11.4 Å². The van der Waals surface area contributed by atoms with Crippen molar-refractivity contribution in [2.24, 2.45) is 0 Å². The Bertz CT molecular complexity index is 409. The number of aldehydes is 1. The fraction of sp³-hybridized carbons (Fsp3) is 0. The molecular formula is C9H7N3O. The Balaban J connectivity index is 2.47. The lowest BCUT2D eigenvalue weighted by Crippen LogP contribution is -1.98. The predicted molar refractivity (Wildman–Crippen MR) is 46.7 cm³/mol. The molecule has 4 nitrogen and oxygen atoms in total. The maximum Gasteiger partial charge on any atom is 0.153 e. The van der Waals surface area contributed by atoms with Crippen LogP contribution in [0.25, 0.3) is 5.82 Å². The van der Waals surface area contributed by atoms with Crippen molar-refractivity contribution < 1.29 is 4.79 Å². The highest BCUT2D eigenvalue weighted by atomic mass is 16.1. The first kappa shape index (κ1) is 7.67. The lowest BCUT2D eigenvalue weighted by Gasteiger charge is -1.99. The smallest absolute Gasteiger partial charge is 0.153 e. The first-order valence-electron chi connectivity index (χ1n) is 3.81. The molecule has 0 aliphatic rings. The van der Waals surface area contributed by atoms with E-state index in [1.165, 1.54) is 0 Å². The lowest BCUT2D eigenvalue weighted by molar-refractivity contribution is 0.112. The van der Waals surface area contributed by atoms with E-state index in [9.17, 15) is 4.79 Å². The van der Waals surface area contributed by atoms with Gasteiger partial charge in [0.2, 0.25) is 0 Å². The van der Waals surface area contributed by atoms with E-state index in [-0.39, 0.29) is 0 Å². The van der Waals surface area contributed by atoms with Crippen LogP contribution in [0.1, 0.15) is 10.4 Å². The fourth-order valence-corrected chi connectivity index (χ4v) is 1.04. The number of carbonyl (C=O) groups is 1. The van der Waals surface area contributed by atoms with Gasteiger partial charge in [-0.05, 0) is 18.2 Å². The van der Waals surface area contributed by atoms with Crippen LogP contribution in [0.4, 0.5) is 0 Å². The molecule has 0 aliphatic heterocycles. The van der Waals surface area contributed by atoms with Crippen LogP contribution in [0.2, 0.25) is 0 Å². The van der Waals surface area contributed by atoms with Gasteiger partial charge in [-0.3, -0.25) is 4.79 Å². The highest BCUT2D eigenvalue weighted by Crippen LogP contribution is 2.03. The van der Waals surface area contributed by atoms with Crippen LogP contribution < -0.4 is 0 Å². The molecule has 0 atom stereocenters. The highest BCUT2D eigenvalue weighted by Gasteiger charge is 1.97. The van der Waals surface area contributed by atoms with E-state index in [1.807, 2.05) is 0 Å². The average molecular weight is 173 g/mol. The Kier molecular flexibility index (Phi) is 1.88. The van der Waals surface area contributed by atoms with Crippen LogP contribution in [-0.4, -0.2) is 21.1 Å². The molecule has 4 heteroatoms. The first-order valence-corrected chi connectivity index (χ1v) is 3.81. The summed E-state index contributed by atoms with van der Waals surface area (Å²) < 4.78 is 1.60. The number of hydrogen-bond donors (Lipinski definition) is 0. The van der Waals surface area contributed by atoms with Gasteiger partial charge >= 0.3 is 0 Å². The zero-order chi connectivity index (χ0) is 9.10. The van der Waals surface area contributed by atoms with Crippen LogP contribution in [-0.2, 0) is 0 Å². The molecule has 0 saturated carbocycles. The molecule has 0 fully saturated rings. The minimum absolute atomic E-state index is 0.598. The summed E-state index contributed by atoms with van der Waals surface area (Å²) in [6.45, 7) is 0. The lowest BCUT2D eigenvalue weighted by atomic mass is 10.3. The molecule has 0 unspecified atom stereocenters. The average Bonchev–Trinajstić information content (AvgIpc) is 2.71. The summed E-state index contributed by atoms with van der Waals surface area (Å²) in [6.07, 6.45) is 5.81. The number of hydrogen-bond acceptors (Lipinski definition) is 3. The van der Waals surface area contributed by atoms with E-state index in [2.05, 4.69) is 10.1 Å². The molecule has 2 aromatic heterocycles. The molecule has 0 radical (unpaired) electrons. The summed E-state index contributed by atoms with van der Waals surface area (Å²) in [4.78, 5) is 14.5. The molecule has 13 heavy (non-hydrogen) atoms. The molecule has 0 N–H and O–H groups in total. The van der Waals surface area contributed by atoms with Gasteiger partial charge in [-0.2, -0.15) is 5.10 Å². The number of aromatic nitrogens is 3. The van der Waals surface area contributed by atoms with Crippen molar-refractivity contribution in [3.63, 3.8) is 0 Å². The van der Waals surface area contributed by atoms with E-state index in [1.54, 1.807) is 41.5 Å². The quantitative estimate of drug-likeness (QED) is 0.638. The summed E-state index contributed by atoms with van der Waals surface area (Å²) in [5.41, 5.74) is 0.598. The molecule has 2 rings (SSSR count). The predicted octanol–water partition coefficient (Wildman–Crippen LogP) is 1.08. The second-order valence-corrected chi connectivity index (χ2v) is 2.52. The van der Waals surface area contributed by atoms with Crippen LogP contribution in [0.15, 0.2) is 36.8 Å². The van der Waals surface area contributed by atoms with Crippen molar-refractivity contribution in [2.45, 2.75) is 0 Å². The van der Waals surface area contributed by atoms with Crippen LogP contribution in [0, 0.1) is 0 Å². The van der Waals surface area contributed by atoms with Gasteiger partial charge < -0.3 is 0 Å². The maximum atomic E-state index is 10.5. The first-order chi connectivity index (χ1) is 6.40. The summed E-state index contributed by atoms with van der Waals surface area (Å²) >= 11 is 0. The topological polar surface area (TPSA) is 47.8 Å². The maximum absolute atomic E-state index is 10.5. The third kappa shape index (κ3) is 1.46. The number of pyridine rings is 1. The largest absolute Gasteiger partial charge is 0.298 e. The molecule has 0 spiro atoms. The van der Waals surface area contributed by atoms with Gasteiger partial charge in [-0.25, -0.2) is 9.67 Å². The van der Waals surface area contributed by atoms with Gasteiger partial charge in [0, 0.05) is 24.2 Å². The number of rotatable bonds is 2. The van der Waals surface area contributed by atoms with Gasteiger partial charge in [0.05, 0.1) is 0 Å². The Labute approximate surface area is 74.8 Å². The van der Waals surface area contributed by atoms with E-state index < -0.39 is 0 Å². The molecule has 0 aromatic carbocycles. The zero-order valence-corrected chi connectivity index (χ0v) is 6.79. The fourth-order valence-electron chi connectivity index (χ4n) is 1.04.